The van der Waals surface area contributed by atoms with Gasteiger partial charge in [0.2, 0.25) is 0 Å². The maximum absolute atomic E-state index is 12.8. The predicted octanol–water partition coefficient (Wildman–Crippen LogP) is 3.11. The molecule has 2 amide bonds. The van der Waals surface area contributed by atoms with Crippen molar-refractivity contribution >= 4 is 11.7 Å². The molecule has 0 radical (unpaired) electrons. The molecule has 6 heteroatoms. The van der Waals surface area contributed by atoms with Crippen LogP contribution in [0.1, 0.15) is 30.4 Å². The van der Waals surface area contributed by atoms with Crippen LogP contribution in [0.4, 0.5) is 10.5 Å². The van der Waals surface area contributed by atoms with E-state index in [0.29, 0.717) is 24.3 Å². The normalized spacial score (nSPS) is 21.0. The number of aromatic nitrogens is 1. The number of nitrogens with one attached hydrogen (secondary N) is 1. The highest BCUT2D eigenvalue weighted by Crippen LogP contribution is 2.36. The molecule has 1 aromatic carbocycles. The lowest BCUT2D eigenvalue weighted by molar-refractivity contribution is 0.126. The Labute approximate surface area is 160 Å². The maximum atomic E-state index is 12.8. The van der Waals surface area contributed by atoms with Crippen molar-refractivity contribution in [2.45, 2.75) is 24.8 Å². The zero-order valence-corrected chi connectivity index (χ0v) is 15.9. The number of amides is 2. The van der Waals surface area contributed by atoms with E-state index in [1.54, 1.807) is 23.4 Å². The van der Waals surface area contributed by atoms with Gasteiger partial charge in [0.05, 0.1) is 17.4 Å². The van der Waals surface area contributed by atoms with E-state index in [4.69, 9.17) is 0 Å². The van der Waals surface area contributed by atoms with Crippen LogP contribution in [0.2, 0.25) is 0 Å². The molecule has 6 nitrogen and oxygen atoms in total. The molecule has 1 saturated heterocycles. The number of nitriles is 1. The summed E-state index contributed by atoms with van der Waals surface area (Å²) in [6.07, 6.45) is 5.72. The Bertz CT molecular complexity index is 830. The van der Waals surface area contributed by atoms with Gasteiger partial charge in [-0.15, -0.1) is 0 Å². The smallest absolute Gasteiger partial charge is 0.321 e. The molecule has 0 spiro atoms. The predicted molar refractivity (Wildman–Crippen MR) is 105 cm³/mol. The van der Waals surface area contributed by atoms with Gasteiger partial charge in [-0.1, -0.05) is 30.3 Å². The minimum atomic E-state index is -0.179. The highest BCUT2D eigenvalue weighted by Gasteiger charge is 2.35. The fourth-order valence-electron chi connectivity index (χ4n) is 3.90. The summed E-state index contributed by atoms with van der Waals surface area (Å²) >= 11 is 0. The summed E-state index contributed by atoms with van der Waals surface area (Å²) in [4.78, 5) is 20.8. The van der Waals surface area contributed by atoms with Crippen molar-refractivity contribution in [2.24, 2.45) is 0 Å². The van der Waals surface area contributed by atoms with Crippen LogP contribution in [0.5, 0.6) is 0 Å². The van der Waals surface area contributed by atoms with Gasteiger partial charge in [-0.05, 0) is 45.0 Å². The molecular weight excluding hydrogens is 338 g/mol. The molecule has 1 aliphatic rings. The molecule has 1 fully saturated rings. The minimum absolute atomic E-state index is 0.141. The number of urea groups is 1. The van der Waals surface area contributed by atoms with Crippen LogP contribution in [0, 0.1) is 11.3 Å². The van der Waals surface area contributed by atoms with Gasteiger partial charge in [0, 0.05) is 24.8 Å². The molecule has 0 bridgehead atoms. The standard InChI is InChI=1S/C21H25N5O/c1-25(2)21(18-7-4-3-5-8-18)10-6-14-26(20(27)24-13-11-21)19-16-23-12-9-17(19)15-22/h3-5,7-9,12,16H,6,10-11,13-14H2,1-2H3,(H,24,27)/t21-/m0/s1. The van der Waals surface area contributed by atoms with Crippen molar-refractivity contribution in [2.75, 3.05) is 32.1 Å². The third kappa shape index (κ3) is 3.79. The van der Waals surface area contributed by atoms with E-state index < -0.39 is 0 Å². The largest absolute Gasteiger partial charge is 0.338 e. The van der Waals surface area contributed by atoms with Crippen molar-refractivity contribution in [3.8, 4) is 6.07 Å². The fourth-order valence-corrected chi connectivity index (χ4v) is 3.90. The molecule has 3 rings (SSSR count). The Hall–Kier alpha value is -2.91. The van der Waals surface area contributed by atoms with Gasteiger partial charge in [-0.25, -0.2) is 4.79 Å². The van der Waals surface area contributed by atoms with Gasteiger partial charge in [0.25, 0.3) is 0 Å². The Balaban J connectivity index is 1.90. The van der Waals surface area contributed by atoms with E-state index in [2.05, 4.69) is 59.6 Å². The highest BCUT2D eigenvalue weighted by atomic mass is 16.2. The molecule has 1 aromatic heterocycles. The SMILES string of the molecule is CN(C)[C@@]1(c2ccccc2)CCCN(c2cnccc2C#N)C(=O)NCC1. The first-order valence-corrected chi connectivity index (χ1v) is 9.21. The zero-order valence-electron chi connectivity index (χ0n) is 15.9. The van der Waals surface area contributed by atoms with Crippen molar-refractivity contribution < 1.29 is 4.79 Å². The topological polar surface area (TPSA) is 72.3 Å². The molecule has 1 aliphatic heterocycles. The zero-order chi connectivity index (χ0) is 19.3. The first kappa shape index (κ1) is 18.9. The second kappa shape index (κ2) is 8.19. The quantitative estimate of drug-likeness (QED) is 0.909. The molecule has 1 atom stereocenters. The van der Waals surface area contributed by atoms with Gasteiger partial charge >= 0.3 is 6.03 Å². The van der Waals surface area contributed by atoms with Crippen LogP contribution in [-0.2, 0) is 5.54 Å². The molecule has 1 N–H and O–H groups in total. The lowest BCUT2D eigenvalue weighted by Crippen LogP contribution is -2.44. The van der Waals surface area contributed by atoms with Crippen LogP contribution < -0.4 is 10.2 Å². The summed E-state index contributed by atoms with van der Waals surface area (Å²) in [5, 5.41) is 12.4. The third-order valence-electron chi connectivity index (χ3n) is 5.41. The maximum Gasteiger partial charge on any atom is 0.321 e. The summed E-state index contributed by atoms with van der Waals surface area (Å²) in [6.45, 7) is 1.10. The van der Waals surface area contributed by atoms with Gasteiger partial charge in [-0.3, -0.25) is 14.8 Å². The summed E-state index contributed by atoms with van der Waals surface area (Å²) in [6, 6.07) is 14.1. The number of hydrogen-bond acceptors (Lipinski definition) is 4. The van der Waals surface area contributed by atoms with Crippen molar-refractivity contribution in [1.82, 2.24) is 15.2 Å². The number of hydrogen-bond donors (Lipinski definition) is 1. The number of pyridine rings is 1. The minimum Gasteiger partial charge on any atom is -0.338 e. The lowest BCUT2D eigenvalue weighted by atomic mass is 9.81. The fraction of sp³-hybridized carbons (Fsp3) is 0.381. The second-order valence-electron chi connectivity index (χ2n) is 7.03. The number of rotatable bonds is 3. The Morgan fingerprint density at radius 3 is 2.70 bits per heavy atom. The Morgan fingerprint density at radius 2 is 2.00 bits per heavy atom. The first-order valence-electron chi connectivity index (χ1n) is 9.21. The van der Waals surface area contributed by atoms with Gasteiger partial charge < -0.3 is 5.32 Å². The number of nitrogens with zero attached hydrogens (tertiary/aromatic N) is 4. The molecule has 2 heterocycles. The highest BCUT2D eigenvalue weighted by molar-refractivity contribution is 5.93. The molecule has 140 valence electrons. The first-order chi connectivity index (χ1) is 13.1. The van der Waals surface area contributed by atoms with E-state index in [1.807, 2.05) is 6.07 Å². The Morgan fingerprint density at radius 1 is 1.22 bits per heavy atom. The number of benzene rings is 1. The average Bonchev–Trinajstić information content (AvgIpc) is 2.78. The van der Waals surface area contributed by atoms with Gasteiger partial charge in [0.1, 0.15) is 6.07 Å². The lowest BCUT2D eigenvalue weighted by Gasteiger charge is -2.41. The van der Waals surface area contributed by atoms with E-state index >= 15 is 0 Å². The molecule has 0 aliphatic carbocycles. The summed E-state index contributed by atoms with van der Waals surface area (Å²) in [7, 11) is 4.19. The van der Waals surface area contributed by atoms with E-state index in [0.717, 1.165) is 19.3 Å². The number of carbonyl (C=O) groups excluding carboxylic acids is 1. The summed E-state index contributed by atoms with van der Waals surface area (Å²) < 4.78 is 0. The molecule has 2 aromatic rings. The number of anilines is 1. The summed E-state index contributed by atoms with van der Waals surface area (Å²) in [5.74, 6) is 0. The second-order valence-corrected chi connectivity index (χ2v) is 7.03. The molecule has 0 saturated carbocycles. The van der Waals surface area contributed by atoms with Gasteiger partial charge in [0.15, 0.2) is 0 Å². The third-order valence-corrected chi connectivity index (χ3v) is 5.41. The van der Waals surface area contributed by atoms with E-state index in [9.17, 15) is 10.1 Å². The monoisotopic (exact) mass is 363 g/mol. The van der Waals surface area contributed by atoms with Crippen LogP contribution in [0.3, 0.4) is 0 Å². The van der Waals surface area contributed by atoms with Crippen LogP contribution in [0.15, 0.2) is 48.8 Å². The Kier molecular flexibility index (Phi) is 5.72. The van der Waals surface area contributed by atoms with Gasteiger partial charge in [-0.2, -0.15) is 5.26 Å². The molecular formula is C21H25N5O. The van der Waals surface area contributed by atoms with Crippen LogP contribution >= 0.6 is 0 Å². The van der Waals surface area contributed by atoms with E-state index in [1.165, 1.54) is 5.56 Å². The number of carbonyl (C=O) groups is 1. The average molecular weight is 363 g/mol. The van der Waals surface area contributed by atoms with E-state index in [-0.39, 0.29) is 11.6 Å². The van der Waals surface area contributed by atoms with Crippen LogP contribution in [0.25, 0.3) is 0 Å². The van der Waals surface area contributed by atoms with Crippen LogP contribution in [-0.4, -0.2) is 43.1 Å². The van der Waals surface area contributed by atoms with Crippen molar-refractivity contribution in [3.63, 3.8) is 0 Å². The molecule has 0 unspecified atom stereocenters. The van der Waals surface area contributed by atoms with Crippen molar-refractivity contribution in [1.29, 1.82) is 5.26 Å². The van der Waals surface area contributed by atoms with Crippen molar-refractivity contribution in [3.05, 3.63) is 59.9 Å². The summed E-state index contributed by atoms with van der Waals surface area (Å²) in [5.41, 5.74) is 2.14. The molecule has 27 heavy (non-hydrogen) atoms.